The molecule has 1 atom stereocenters. The molecule has 4 nitrogen and oxygen atoms in total. The standard InChI is InChI=1S/C17H26N2O2/c1-13(18-10-4-2-3-5-11-20)14-6-8-16-15(12-14)7-9-17(21)19-16/h6,8,12-13,18,20H,2-5,7,9-11H2,1H3,(H,19,21). The molecule has 0 spiro atoms. The molecule has 1 heterocycles. The summed E-state index contributed by atoms with van der Waals surface area (Å²) in [7, 11) is 0. The summed E-state index contributed by atoms with van der Waals surface area (Å²) in [5.41, 5.74) is 3.48. The Morgan fingerprint density at radius 1 is 1.24 bits per heavy atom. The number of rotatable bonds is 8. The van der Waals surface area contributed by atoms with Crippen molar-refractivity contribution in [2.75, 3.05) is 18.5 Å². The molecular weight excluding hydrogens is 264 g/mol. The van der Waals surface area contributed by atoms with Crippen LogP contribution in [-0.2, 0) is 11.2 Å². The molecule has 0 fully saturated rings. The highest BCUT2D eigenvalue weighted by molar-refractivity contribution is 5.93. The first-order chi connectivity index (χ1) is 10.2. The minimum Gasteiger partial charge on any atom is -0.396 e. The van der Waals surface area contributed by atoms with Gasteiger partial charge in [0.2, 0.25) is 5.91 Å². The van der Waals surface area contributed by atoms with Crippen molar-refractivity contribution >= 4 is 11.6 Å². The van der Waals surface area contributed by atoms with E-state index in [4.69, 9.17) is 5.11 Å². The van der Waals surface area contributed by atoms with Crippen LogP contribution in [0.1, 0.15) is 56.2 Å². The van der Waals surface area contributed by atoms with Gasteiger partial charge in [0.15, 0.2) is 0 Å². The molecule has 2 rings (SSSR count). The molecule has 4 heteroatoms. The van der Waals surface area contributed by atoms with Crippen molar-refractivity contribution in [3.63, 3.8) is 0 Å². The molecule has 0 aliphatic carbocycles. The summed E-state index contributed by atoms with van der Waals surface area (Å²) in [4.78, 5) is 11.4. The van der Waals surface area contributed by atoms with Gasteiger partial charge in [-0.1, -0.05) is 25.0 Å². The molecule has 1 aliphatic rings. The molecule has 0 aromatic heterocycles. The van der Waals surface area contributed by atoms with Gasteiger partial charge in [-0.15, -0.1) is 0 Å². The van der Waals surface area contributed by atoms with Gasteiger partial charge < -0.3 is 15.7 Å². The molecule has 116 valence electrons. The van der Waals surface area contributed by atoms with Crippen molar-refractivity contribution in [2.45, 2.75) is 51.5 Å². The molecule has 1 aliphatic heterocycles. The normalized spacial score (nSPS) is 15.4. The second kappa shape index (κ2) is 8.15. The molecular formula is C17H26N2O2. The maximum Gasteiger partial charge on any atom is 0.224 e. The summed E-state index contributed by atoms with van der Waals surface area (Å²) in [6, 6.07) is 6.64. The number of amides is 1. The predicted molar refractivity (Wildman–Crippen MR) is 85.4 cm³/mol. The summed E-state index contributed by atoms with van der Waals surface area (Å²) in [5, 5.41) is 15.2. The van der Waals surface area contributed by atoms with Gasteiger partial charge in [0.1, 0.15) is 0 Å². The van der Waals surface area contributed by atoms with E-state index >= 15 is 0 Å². The zero-order valence-electron chi connectivity index (χ0n) is 12.8. The Balaban J connectivity index is 1.80. The minimum absolute atomic E-state index is 0.115. The van der Waals surface area contributed by atoms with E-state index in [0.717, 1.165) is 44.3 Å². The number of carbonyl (C=O) groups excluding carboxylic acids is 1. The maximum absolute atomic E-state index is 11.4. The summed E-state index contributed by atoms with van der Waals surface area (Å²) in [5.74, 6) is 0.115. The van der Waals surface area contributed by atoms with Crippen molar-refractivity contribution in [3.05, 3.63) is 29.3 Å². The van der Waals surface area contributed by atoms with E-state index in [2.05, 4.69) is 29.7 Å². The fourth-order valence-corrected chi connectivity index (χ4v) is 2.70. The van der Waals surface area contributed by atoms with E-state index in [1.54, 1.807) is 0 Å². The fraction of sp³-hybridized carbons (Fsp3) is 0.588. The second-order valence-electron chi connectivity index (χ2n) is 5.78. The lowest BCUT2D eigenvalue weighted by molar-refractivity contribution is -0.116. The van der Waals surface area contributed by atoms with E-state index in [1.807, 2.05) is 6.07 Å². The number of anilines is 1. The lowest BCUT2D eigenvalue weighted by Crippen LogP contribution is -2.22. The van der Waals surface area contributed by atoms with Crippen molar-refractivity contribution in [3.8, 4) is 0 Å². The topological polar surface area (TPSA) is 61.4 Å². The monoisotopic (exact) mass is 290 g/mol. The third-order valence-corrected chi connectivity index (χ3v) is 4.06. The third-order valence-electron chi connectivity index (χ3n) is 4.06. The number of unbranched alkanes of at least 4 members (excludes halogenated alkanes) is 3. The predicted octanol–water partition coefficient (Wildman–Crippen LogP) is 2.77. The Morgan fingerprint density at radius 3 is 2.86 bits per heavy atom. The summed E-state index contributed by atoms with van der Waals surface area (Å²) >= 11 is 0. The number of fused-ring (bicyclic) bond motifs is 1. The maximum atomic E-state index is 11.4. The van der Waals surface area contributed by atoms with Gasteiger partial charge >= 0.3 is 0 Å². The molecule has 0 saturated carbocycles. The number of carbonyl (C=O) groups is 1. The van der Waals surface area contributed by atoms with Gasteiger partial charge in [-0.25, -0.2) is 0 Å². The zero-order valence-corrected chi connectivity index (χ0v) is 12.8. The first-order valence-electron chi connectivity index (χ1n) is 7.97. The number of nitrogens with one attached hydrogen (secondary N) is 2. The first-order valence-corrected chi connectivity index (χ1v) is 7.97. The van der Waals surface area contributed by atoms with Crippen molar-refractivity contribution < 1.29 is 9.90 Å². The minimum atomic E-state index is 0.115. The average Bonchev–Trinajstić information content (AvgIpc) is 2.50. The Morgan fingerprint density at radius 2 is 2.05 bits per heavy atom. The number of aliphatic hydroxyl groups is 1. The molecule has 21 heavy (non-hydrogen) atoms. The fourth-order valence-electron chi connectivity index (χ4n) is 2.70. The molecule has 1 amide bonds. The van der Waals surface area contributed by atoms with Crippen molar-refractivity contribution in [1.29, 1.82) is 0 Å². The highest BCUT2D eigenvalue weighted by atomic mass is 16.2. The van der Waals surface area contributed by atoms with E-state index in [-0.39, 0.29) is 5.91 Å². The van der Waals surface area contributed by atoms with Crippen LogP contribution in [-0.4, -0.2) is 24.2 Å². The third kappa shape index (κ3) is 4.83. The number of aliphatic hydroxyl groups excluding tert-OH is 1. The Hall–Kier alpha value is -1.39. The van der Waals surface area contributed by atoms with Gasteiger partial charge in [-0.05, 0) is 49.9 Å². The number of benzene rings is 1. The summed E-state index contributed by atoms with van der Waals surface area (Å²) in [6.07, 6.45) is 5.74. The van der Waals surface area contributed by atoms with Gasteiger partial charge in [-0.2, -0.15) is 0 Å². The van der Waals surface area contributed by atoms with Gasteiger partial charge in [0.25, 0.3) is 0 Å². The van der Waals surface area contributed by atoms with E-state index in [9.17, 15) is 4.79 Å². The quantitative estimate of drug-likeness (QED) is 0.645. The van der Waals surface area contributed by atoms with Gasteiger partial charge in [0.05, 0.1) is 0 Å². The highest BCUT2D eigenvalue weighted by Crippen LogP contribution is 2.26. The van der Waals surface area contributed by atoms with Gasteiger partial charge in [0, 0.05) is 24.8 Å². The van der Waals surface area contributed by atoms with Crippen LogP contribution in [0.5, 0.6) is 0 Å². The molecule has 1 unspecified atom stereocenters. The molecule has 0 bridgehead atoms. The summed E-state index contributed by atoms with van der Waals surface area (Å²) in [6.45, 7) is 3.48. The van der Waals surface area contributed by atoms with Crippen LogP contribution in [0.25, 0.3) is 0 Å². The van der Waals surface area contributed by atoms with E-state index < -0.39 is 0 Å². The molecule has 1 aromatic carbocycles. The smallest absolute Gasteiger partial charge is 0.224 e. The molecule has 0 radical (unpaired) electrons. The lowest BCUT2D eigenvalue weighted by Gasteiger charge is -2.20. The molecule has 1 aromatic rings. The average molecular weight is 290 g/mol. The molecule has 3 N–H and O–H groups in total. The molecule has 0 saturated heterocycles. The van der Waals surface area contributed by atoms with Crippen LogP contribution in [0.3, 0.4) is 0 Å². The zero-order chi connectivity index (χ0) is 15.1. The lowest BCUT2D eigenvalue weighted by atomic mass is 9.98. The summed E-state index contributed by atoms with van der Waals surface area (Å²) < 4.78 is 0. The number of aryl methyl sites for hydroxylation is 1. The number of hydrogen-bond acceptors (Lipinski definition) is 3. The Kier molecular flexibility index (Phi) is 6.21. The van der Waals surface area contributed by atoms with Crippen LogP contribution in [0.4, 0.5) is 5.69 Å². The van der Waals surface area contributed by atoms with Crippen LogP contribution >= 0.6 is 0 Å². The second-order valence-corrected chi connectivity index (χ2v) is 5.78. The van der Waals surface area contributed by atoms with Crippen LogP contribution in [0, 0.1) is 0 Å². The Labute approximate surface area is 126 Å². The van der Waals surface area contributed by atoms with Gasteiger partial charge in [-0.3, -0.25) is 4.79 Å². The van der Waals surface area contributed by atoms with E-state index in [1.165, 1.54) is 11.1 Å². The SMILES string of the molecule is CC(NCCCCCCO)c1ccc2c(c1)CCC(=O)N2. The van der Waals surface area contributed by atoms with Crippen molar-refractivity contribution in [1.82, 2.24) is 5.32 Å². The largest absolute Gasteiger partial charge is 0.396 e. The first kappa shape index (κ1) is 16.0. The van der Waals surface area contributed by atoms with E-state index in [0.29, 0.717) is 19.1 Å². The van der Waals surface area contributed by atoms with Crippen LogP contribution in [0.15, 0.2) is 18.2 Å². The Bertz CT molecular complexity index is 474. The number of hydrogen-bond donors (Lipinski definition) is 3. The van der Waals surface area contributed by atoms with Crippen LogP contribution < -0.4 is 10.6 Å². The highest BCUT2D eigenvalue weighted by Gasteiger charge is 2.16. The van der Waals surface area contributed by atoms with Crippen LogP contribution in [0.2, 0.25) is 0 Å². The van der Waals surface area contributed by atoms with Crippen molar-refractivity contribution in [2.24, 2.45) is 0 Å².